The van der Waals surface area contributed by atoms with Crippen molar-refractivity contribution in [3.63, 3.8) is 0 Å². The number of carbonyl (C=O) groups is 1. The zero-order valence-corrected chi connectivity index (χ0v) is 18.4. The molecule has 0 spiro atoms. The van der Waals surface area contributed by atoms with E-state index in [0.717, 1.165) is 18.4 Å². The average molecular weight is 460 g/mol. The van der Waals surface area contributed by atoms with Crippen molar-refractivity contribution in [3.05, 3.63) is 35.9 Å². The Morgan fingerprint density at radius 3 is 2.36 bits per heavy atom. The number of amides is 1. The lowest BCUT2D eigenvalue weighted by molar-refractivity contribution is -0.120. The Hall–Kier alpha value is -1.31. The van der Waals surface area contributed by atoms with E-state index in [0.29, 0.717) is 24.0 Å². The van der Waals surface area contributed by atoms with Gasteiger partial charge in [-0.25, -0.2) is 0 Å². The number of rotatable bonds is 7. The van der Waals surface area contributed by atoms with Gasteiger partial charge in [0, 0.05) is 19.6 Å². The third-order valence-electron chi connectivity index (χ3n) is 3.68. The molecule has 0 aromatic heterocycles. The first-order valence-corrected chi connectivity index (χ1v) is 8.58. The largest absolute Gasteiger partial charge is 0.354 e. The number of nitrogens with one attached hydrogen (secondary N) is 3. The first kappa shape index (κ1) is 23.7. The SMILES string of the molecule is CN=C(NCC(=O)NCc1ccccc1)NC(C)CCC(C)(C)C.I. The lowest BCUT2D eigenvalue weighted by atomic mass is 9.89. The standard InChI is InChI=1S/C19H32N4O.HI/c1-15(11-12-19(2,3)4)23-18(20-5)22-14-17(24)21-13-16-9-7-6-8-10-16;/h6-10,15H,11-14H2,1-5H3,(H,21,24)(H2,20,22,23);1H. The van der Waals surface area contributed by atoms with Gasteiger partial charge in [0.25, 0.3) is 0 Å². The van der Waals surface area contributed by atoms with Gasteiger partial charge in [-0.3, -0.25) is 9.79 Å². The summed E-state index contributed by atoms with van der Waals surface area (Å²) in [5, 5.41) is 9.28. The third kappa shape index (κ3) is 11.8. The molecule has 3 N–H and O–H groups in total. The van der Waals surface area contributed by atoms with Crippen LogP contribution in [0.5, 0.6) is 0 Å². The Morgan fingerprint density at radius 2 is 1.80 bits per heavy atom. The van der Waals surface area contributed by atoms with Gasteiger partial charge in [-0.05, 0) is 30.7 Å². The highest BCUT2D eigenvalue weighted by Crippen LogP contribution is 2.21. The number of carbonyl (C=O) groups excluding carboxylic acids is 1. The van der Waals surface area contributed by atoms with Crippen LogP contribution in [0.3, 0.4) is 0 Å². The van der Waals surface area contributed by atoms with Gasteiger partial charge < -0.3 is 16.0 Å². The van der Waals surface area contributed by atoms with Crippen LogP contribution in [-0.4, -0.2) is 31.5 Å². The number of hydrogen-bond acceptors (Lipinski definition) is 2. The fourth-order valence-corrected chi connectivity index (χ4v) is 2.17. The molecule has 0 saturated carbocycles. The molecule has 0 aliphatic carbocycles. The predicted octanol–water partition coefficient (Wildman–Crippen LogP) is 3.30. The summed E-state index contributed by atoms with van der Waals surface area (Å²) in [5.41, 5.74) is 1.41. The normalized spacial score (nSPS) is 12.8. The second-order valence-corrected chi connectivity index (χ2v) is 7.33. The van der Waals surface area contributed by atoms with E-state index in [1.165, 1.54) is 0 Å². The molecule has 5 nitrogen and oxygen atoms in total. The Labute approximate surface area is 169 Å². The van der Waals surface area contributed by atoms with E-state index in [1.807, 2.05) is 30.3 Å². The van der Waals surface area contributed by atoms with Gasteiger partial charge in [-0.15, -0.1) is 24.0 Å². The number of halogens is 1. The first-order chi connectivity index (χ1) is 11.3. The second-order valence-electron chi connectivity index (χ2n) is 7.33. The number of aliphatic imine (C=N–C) groups is 1. The van der Waals surface area contributed by atoms with Crippen molar-refractivity contribution in [1.29, 1.82) is 0 Å². The monoisotopic (exact) mass is 460 g/mol. The highest BCUT2D eigenvalue weighted by Gasteiger charge is 2.13. The predicted molar refractivity (Wildman–Crippen MR) is 116 cm³/mol. The van der Waals surface area contributed by atoms with Crippen LogP contribution in [0, 0.1) is 5.41 Å². The van der Waals surface area contributed by atoms with Crippen molar-refractivity contribution in [3.8, 4) is 0 Å². The summed E-state index contributed by atoms with van der Waals surface area (Å²) in [6, 6.07) is 10.2. The van der Waals surface area contributed by atoms with Crippen LogP contribution in [0.1, 0.15) is 46.1 Å². The maximum absolute atomic E-state index is 11.9. The minimum atomic E-state index is -0.0517. The van der Waals surface area contributed by atoms with Crippen LogP contribution in [0.2, 0.25) is 0 Å². The van der Waals surface area contributed by atoms with Crippen molar-refractivity contribution < 1.29 is 4.79 Å². The van der Waals surface area contributed by atoms with Crippen molar-refractivity contribution in [1.82, 2.24) is 16.0 Å². The Balaban J connectivity index is 0.00000576. The molecule has 0 bridgehead atoms. The molecule has 1 unspecified atom stereocenters. The van der Waals surface area contributed by atoms with Gasteiger partial charge in [0.1, 0.15) is 0 Å². The van der Waals surface area contributed by atoms with Gasteiger partial charge in [0.05, 0.1) is 6.54 Å². The summed E-state index contributed by atoms with van der Waals surface area (Å²) in [4.78, 5) is 16.1. The molecule has 0 saturated heterocycles. The number of guanidine groups is 1. The molecule has 1 amide bonds. The molecule has 1 aromatic carbocycles. The molecule has 0 heterocycles. The van der Waals surface area contributed by atoms with E-state index in [4.69, 9.17) is 0 Å². The zero-order valence-electron chi connectivity index (χ0n) is 16.1. The number of hydrogen-bond donors (Lipinski definition) is 3. The average Bonchev–Trinajstić information content (AvgIpc) is 2.55. The van der Waals surface area contributed by atoms with Crippen LogP contribution in [0.25, 0.3) is 0 Å². The fraction of sp³-hybridized carbons (Fsp3) is 0.579. The van der Waals surface area contributed by atoms with Crippen molar-refractivity contribution in [2.45, 2.75) is 53.1 Å². The van der Waals surface area contributed by atoms with E-state index in [2.05, 4.69) is 48.6 Å². The lowest BCUT2D eigenvalue weighted by Gasteiger charge is -2.23. The summed E-state index contributed by atoms with van der Waals surface area (Å²) in [6.07, 6.45) is 2.19. The Bertz CT molecular complexity index is 526. The van der Waals surface area contributed by atoms with E-state index in [-0.39, 0.29) is 36.4 Å². The molecular formula is C19H33IN4O. The molecule has 25 heavy (non-hydrogen) atoms. The van der Waals surface area contributed by atoms with E-state index >= 15 is 0 Å². The molecule has 6 heteroatoms. The molecule has 1 rings (SSSR count). The summed E-state index contributed by atoms with van der Waals surface area (Å²) in [7, 11) is 1.72. The molecular weight excluding hydrogens is 427 g/mol. The molecule has 0 radical (unpaired) electrons. The minimum absolute atomic E-state index is 0. The molecule has 0 aliphatic heterocycles. The molecule has 1 aromatic rings. The third-order valence-corrected chi connectivity index (χ3v) is 3.68. The van der Waals surface area contributed by atoms with Gasteiger partial charge in [-0.2, -0.15) is 0 Å². The second kappa shape index (κ2) is 12.1. The van der Waals surface area contributed by atoms with Gasteiger partial charge >= 0.3 is 0 Å². The number of nitrogens with zero attached hydrogens (tertiary/aromatic N) is 1. The summed E-state index contributed by atoms with van der Waals surface area (Å²) >= 11 is 0. The Morgan fingerprint density at radius 1 is 1.16 bits per heavy atom. The maximum Gasteiger partial charge on any atom is 0.239 e. The van der Waals surface area contributed by atoms with Crippen LogP contribution in [0.4, 0.5) is 0 Å². The molecule has 0 aliphatic rings. The summed E-state index contributed by atoms with van der Waals surface area (Å²) < 4.78 is 0. The van der Waals surface area contributed by atoms with Gasteiger partial charge in [0.15, 0.2) is 5.96 Å². The quantitative estimate of drug-likeness (QED) is 0.333. The van der Waals surface area contributed by atoms with Crippen LogP contribution in [0.15, 0.2) is 35.3 Å². The highest BCUT2D eigenvalue weighted by atomic mass is 127. The topological polar surface area (TPSA) is 65.5 Å². The van der Waals surface area contributed by atoms with Crippen molar-refractivity contribution in [2.24, 2.45) is 10.4 Å². The lowest BCUT2D eigenvalue weighted by Crippen LogP contribution is -2.46. The first-order valence-electron chi connectivity index (χ1n) is 8.58. The molecule has 0 fully saturated rings. The van der Waals surface area contributed by atoms with Gasteiger partial charge in [-0.1, -0.05) is 51.1 Å². The zero-order chi connectivity index (χ0) is 18.0. The van der Waals surface area contributed by atoms with Crippen LogP contribution in [-0.2, 0) is 11.3 Å². The summed E-state index contributed by atoms with van der Waals surface area (Å²) in [6.45, 7) is 9.60. The van der Waals surface area contributed by atoms with Crippen LogP contribution < -0.4 is 16.0 Å². The summed E-state index contributed by atoms with van der Waals surface area (Å²) in [5.74, 6) is 0.607. The van der Waals surface area contributed by atoms with Gasteiger partial charge in [0.2, 0.25) is 5.91 Å². The van der Waals surface area contributed by atoms with E-state index < -0.39 is 0 Å². The Kier molecular flexibility index (Phi) is 11.5. The maximum atomic E-state index is 11.9. The number of benzene rings is 1. The van der Waals surface area contributed by atoms with Crippen molar-refractivity contribution >= 4 is 35.8 Å². The van der Waals surface area contributed by atoms with E-state index in [1.54, 1.807) is 7.05 Å². The van der Waals surface area contributed by atoms with Crippen molar-refractivity contribution in [2.75, 3.05) is 13.6 Å². The minimum Gasteiger partial charge on any atom is -0.354 e. The molecule has 142 valence electrons. The fourth-order valence-electron chi connectivity index (χ4n) is 2.17. The van der Waals surface area contributed by atoms with E-state index in [9.17, 15) is 4.79 Å². The smallest absolute Gasteiger partial charge is 0.239 e. The molecule has 1 atom stereocenters. The highest BCUT2D eigenvalue weighted by molar-refractivity contribution is 14.0. The van der Waals surface area contributed by atoms with Crippen LogP contribution >= 0.6 is 24.0 Å².